The first kappa shape index (κ1) is 16.5. The van der Waals surface area contributed by atoms with Crippen LogP contribution >= 0.6 is 0 Å². The van der Waals surface area contributed by atoms with Crippen molar-refractivity contribution in [2.75, 3.05) is 13.1 Å². The number of imide groups is 1. The molecule has 4 rings (SSSR count). The molecule has 1 unspecified atom stereocenters. The third-order valence-corrected chi connectivity index (χ3v) is 4.95. The molecule has 2 aliphatic rings. The quantitative estimate of drug-likeness (QED) is 0.817. The van der Waals surface area contributed by atoms with Gasteiger partial charge in [-0.25, -0.2) is 4.79 Å². The van der Waals surface area contributed by atoms with Crippen molar-refractivity contribution in [1.82, 2.24) is 29.7 Å². The van der Waals surface area contributed by atoms with Gasteiger partial charge in [0.25, 0.3) is 5.91 Å². The van der Waals surface area contributed by atoms with Gasteiger partial charge in [0.1, 0.15) is 12.1 Å². The lowest BCUT2D eigenvalue weighted by Crippen LogP contribution is -2.44. The smallest absolute Gasteiger partial charge is 0.325 e. The van der Waals surface area contributed by atoms with Gasteiger partial charge >= 0.3 is 6.03 Å². The lowest BCUT2D eigenvalue weighted by molar-refractivity contribution is -0.139. The fraction of sp³-hybridized carbons (Fsp3) is 0.471. The number of nitrogens with zero attached hydrogens (tertiary/aromatic N) is 5. The zero-order chi connectivity index (χ0) is 18.5. The monoisotopic (exact) mass is 356 g/mol. The topological polar surface area (TPSA) is 99.9 Å². The molecule has 9 heteroatoms. The highest BCUT2D eigenvalue weighted by atomic mass is 16.2. The van der Waals surface area contributed by atoms with Crippen LogP contribution in [0.2, 0.25) is 0 Å². The Morgan fingerprint density at radius 2 is 2.12 bits per heavy atom. The molecule has 0 aromatic carbocycles. The predicted molar refractivity (Wildman–Crippen MR) is 91.0 cm³/mol. The first-order chi connectivity index (χ1) is 12.4. The van der Waals surface area contributed by atoms with E-state index in [0.29, 0.717) is 12.4 Å². The average Bonchev–Trinajstić information content (AvgIpc) is 3.28. The van der Waals surface area contributed by atoms with Crippen molar-refractivity contribution in [3.63, 3.8) is 0 Å². The van der Waals surface area contributed by atoms with E-state index in [-0.39, 0.29) is 24.4 Å². The predicted octanol–water partition coefficient (Wildman–Crippen LogP) is 0.723. The van der Waals surface area contributed by atoms with Gasteiger partial charge in [-0.05, 0) is 38.8 Å². The Balaban J connectivity index is 1.56. The lowest BCUT2D eigenvalue weighted by atomic mass is 10.1. The van der Waals surface area contributed by atoms with Gasteiger partial charge in [-0.1, -0.05) is 6.07 Å². The molecule has 9 nitrogen and oxygen atoms in total. The SMILES string of the molecule is CC1(C)NC(=O)N(CC(=O)N2CCCC2c2nnc3ccccn23)C1=O. The Labute approximate surface area is 150 Å². The molecular formula is C17H20N6O3. The minimum absolute atomic E-state index is 0.214. The average molecular weight is 356 g/mol. The molecule has 2 saturated heterocycles. The van der Waals surface area contributed by atoms with E-state index in [2.05, 4.69) is 15.5 Å². The van der Waals surface area contributed by atoms with Gasteiger partial charge in [0.05, 0.1) is 6.04 Å². The summed E-state index contributed by atoms with van der Waals surface area (Å²) < 4.78 is 1.87. The largest absolute Gasteiger partial charge is 0.331 e. The summed E-state index contributed by atoms with van der Waals surface area (Å²) in [6.07, 6.45) is 3.47. The fourth-order valence-electron chi connectivity index (χ4n) is 3.61. The Morgan fingerprint density at radius 1 is 1.31 bits per heavy atom. The number of aromatic nitrogens is 3. The van der Waals surface area contributed by atoms with Crippen molar-refractivity contribution >= 4 is 23.5 Å². The number of likely N-dealkylation sites (tertiary alicyclic amines) is 1. The van der Waals surface area contributed by atoms with E-state index in [9.17, 15) is 14.4 Å². The first-order valence-electron chi connectivity index (χ1n) is 8.62. The molecule has 2 aliphatic heterocycles. The van der Waals surface area contributed by atoms with E-state index in [1.807, 2.05) is 28.8 Å². The van der Waals surface area contributed by atoms with Crippen LogP contribution in [0.4, 0.5) is 4.79 Å². The summed E-state index contributed by atoms with van der Waals surface area (Å²) in [5.74, 6) is 0.0462. The molecule has 0 saturated carbocycles. The van der Waals surface area contributed by atoms with Gasteiger partial charge in [0.2, 0.25) is 5.91 Å². The van der Waals surface area contributed by atoms with Crippen LogP contribution in [0.5, 0.6) is 0 Å². The Hall–Kier alpha value is -2.97. The van der Waals surface area contributed by atoms with Crippen LogP contribution in [0, 0.1) is 0 Å². The van der Waals surface area contributed by atoms with Gasteiger partial charge < -0.3 is 10.2 Å². The number of carbonyl (C=O) groups excluding carboxylic acids is 3. The van der Waals surface area contributed by atoms with E-state index >= 15 is 0 Å². The molecule has 1 N–H and O–H groups in total. The summed E-state index contributed by atoms with van der Waals surface area (Å²) in [4.78, 5) is 39.9. The molecule has 136 valence electrons. The second kappa shape index (κ2) is 5.79. The fourth-order valence-corrected chi connectivity index (χ4v) is 3.61. The van der Waals surface area contributed by atoms with Gasteiger partial charge in [-0.15, -0.1) is 10.2 Å². The van der Waals surface area contributed by atoms with Crippen LogP contribution < -0.4 is 5.32 Å². The number of fused-ring (bicyclic) bond motifs is 1. The summed E-state index contributed by atoms with van der Waals surface area (Å²) >= 11 is 0. The number of amides is 4. The zero-order valence-corrected chi connectivity index (χ0v) is 14.7. The molecule has 0 spiro atoms. The van der Waals surface area contributed by atoms with Crippen LogP contribution in [-0.2, 0) is 9.59 Å². The second-order valence-corrected chi connectivity index (χ2v) is 7.18. The van der Waals surface area contributed by atoms with Crippen LogP contribution in [0.25, 0.3) is 5.65 Å². The Morgan fingerprint density at radius 3 is 2.85 bits per heavy atom. The van der Waals surface area contributed by atoms with Crippen molar-refractivity contribution in [1.29, 1.82) is 0 Å². The van der Waals surface area contributed by atoms with Gasteiger partial charge in [0, 0.05) is 12.7 Å². The summed E-state index contributed by atoms with van der Waals surface area (Å²) in [5.41, 5.74) is -0.261. The number of urea groups is 1. The molecule has 4 heterocycles. The standard InChI is InChI=1S/C17H20N6O3/c1-17(2)15(25)23(16(26)18-17)10-13(24)21-9-5-6-11(21)14-20-19-12-7-3-4-8-22(12)14/h3-4,7-8,11H,5-6,9-10H2,1-2H3,(H,18,26). The number of rotatable bonds is 3. The highest BCUT2D eigenvalue weighted by Crippen LogP contribution is 2.31. The summed E-state index contributed by atoms with van der Waals surface area (Å²) in [6, 6.07) is 4.87. The zero-order valence-electron chi connectivity index (χ0n) is 14.7. The van der Waals surface area contributed by atoms with E-state index in [0.717, 1.165) is 23.4 Å². The maximum atomic E-state index is 12.8. The highest BCUT2D eigenvalue weighted by molar-refractivity contribution is 6.08. The van der Waals surface area contributed by atoms with Crippen molar-refractivity contribution in [3.05, 3.63) is 30.2 Å². The second-order valence-electron chi connectivity index (χ2n) is 7.18. The highest BCUT2D eigenvalue weighted by Gasteiger charge is 2.46. The van der Waals surface area contributed by atoms with Crippen molar-refractivity contribution in [3.8, 4) is 0 Å². The molecule has 0 aliphatic carbocycles. The van der Waals surface area contributed by atoms with Crippen LogP contribution in [0.3, 0.4) is 0 Å². The number of pyridine rings is 1. The molecule has 2 fully saturated rings. The Bertz CT molecular complexity index is 905. The third-order valence-electron chi connectivity index (χ3n) is 4.95. The molecule has 2 aromatic rings. The van der Waals surface area contributed by atoms with Crippen LogP contribution in [0.15, 0.2) is 24.4 Å². The van der Waals surface area contributed by atoms with E-state index in [4.69, 9.17) is 0 Å². The molecule has 2 aromatic heterocycles. The number of carbonyl (C=O) groups is 3. The minimum atomic E-state index is -0.981. The van der Waals surface area contributed by atoms with Gasteiger partial charge in [-0.2, -0.15) is 0 Å². The maximum absolute atomic E-state index is 12.8. The van der Waals surface area contributed by atoms with Crippen molar-refractivity contribution in [2.45, 2.75) is 38.3 Å². The molecule has 26 heavy (non-hydrogen) atoms. The first-order valence-corrected chi connectivity index (χ1v) is 8.62. The minimum Gasteiger partial charge on any atom is -0.331 e. The number of hydrogen-bond acceptors (Lipinski definition) is 5. The maximum Gasteiger partial charge on any atom is 0.325 e. The molecular weight excluding hydrogens is 336 g/mol. The molecule has 0 radical (unpaired) electrons. The summed E-state index contributed by atoms with van der Waals surface area (Å²) in [6.45, 7) is 3.55. The van der Waals surface area contributed by atoms with Gasteiger partial charge in [0.15, 0.2) is 11.5 Å². The van der Waals surface area contributed by atoms with Crippen molar-refractivity contribution < 1.29 is 14.4 Å². The lowest BCUT2D eigenvalue weighted by Gasteiger charge is -2.25. The molecule has 1 atom stereocenters. The van der Waals surface area contributed by atoms with Crippen molar-refractivity contribution in [2.24, 2.45) is 0 Å². The number of hydrogen-bond donors (Lipinski definition) is 1. The number of nitrogens with one attached hydrogen (secondary N) is 1. The summed E-state index contributed by atoms with van der Waals surface area (Å²) in [5, 5.41) is 11.0. The third kappa shape index (κ3) is 2.51. The van der Waals surface area contributed by atoms with E-state index in [1.54, 1.807) is 18.7 Å². The molecule has 0 bridgehead atoms. The van der Waals surface area contributed by atoms with Crippen LogP contribution in [-0.4, -0.2) is 60.9 Å². The van der Waals surface area contributed by atoms with Gasteiger partial charge in [-0.3, -0.25) is 18.9 Å². The molecule has 4 amide bonds. The van der Waals surface area contributed by atoms with E-state index < -0.39 is 11.6 Å². The normalized spacial score (nSPS) is 22.3. The van der Waals surface area contributed by atoms with E-state index in [1.165, 1.54) is 0 Å². The summed E-state index contributed by atoms with van der Waals surface area (Å²) in [7, 11) is 0. The van der Waals surface area contributed by atoms with Crippen LogP contribution in [0.1, 0.15) is 38.6 Å². The Kier molecular flexibility index (Phi) is 3.67.